The molecule has 0 saturated heterocycles. The Hall–Kier alpha value is -1.15. The molecule has 0 rings (SSSR count). The fraction of sp³-hybridized carbons (Fsp3) is 0.667. The van der Waals surface area contributed by atoms with Crippen molar-refractivity contribution in [2.75, 3.05) is 14.2 Å². The van der Waals surface area contributed by atoms with E-state index in [0.29, 0.717) is 6.42 Å². The first kappa shape index (κ1) is 22.9. The highest BCUT2D eigenvalue weighted by atomic mass is 28.3. The summed E-state index contributed by atoms with van der Waals surface area (Å²) in [6.45, 7) is 16.5. The van der Waals surface area contributed by atoms with Crippen molar-refractivity contribution in [3.63, 3.8) is 0 Å². The Morgan fingerprint density at radius 1 is 0.875 bits per heavy atom. The van der Waals surface area contributed by atoms with Crippen molar-refractivity contribution in [1.82, 2.24) is 0 Å². The number of carbonyl (C=O) groups is 2. The van der Waals surface area contributed by atoms with E-state index in [4.69, 9.17) is 0 Å². The molecule has 0 fully saturated rings. The van der Waals surface area contributed by atoms with E-state index < -0.39 is 34.0 Å². The van der Waals surface area contributed by atoms with E-state index in [1.165, 1.54) is 14.2 Å². The highest BCUT2D eigenvalue weighted by Crippen LogP contribution is 2.28. The first-order valence-corrected chi connectivity index (χ1v) is 15.4. The van der Waals surface area contributed by atoms with Gasteiger partial charge >= 0.3 is 11.9 Å². The van der Waals surface area contributed by atoms with E-state index in [2.05, 4.69) is 61.8 Å². The minimum atomic E-state index is -1.41. The monoisotopic (exact) mass is 370 g/mol. The highest BCUT2D eigenvalue weighted by molar-refractivity contribution is 6.89. The van der Waals surface area contributed by atoms with Crippen LogP contribution in [0.3, 0.4) is 0 Å². The molecule has 0 amide bonds. The SMILES string of the molecule is COC(=O)C(C/C=C/C/C(=C(\C)[Si](C)(C)C)[Si](C)(C)C)C(=O)OC. The molecule has 138 valence electrons. The first-order valence-electron chi connectivity index (χ1n) is 8.37. The van der Waals surface area contributed by atoms with Crippen LogP contribution in [0.2, 0.25) is 39.3 Å². The smallest absolute Gasteiger partial charge is 0.320 e. The number of hydrogen-bond donors (Lipinski definition) is 0. The molecule has 0 heterocycles. The molecule has 24 heavy (non-hydrogen) atoms. The van der Waals surface area contributed by atoms with Crippen molar-refractivity contribution >= 4 is 28.1 Å². The van der Waals surface area contributed by atoms with Gasteiger partial charge in [-0.05, 0) is 19.8 Å². The lowest BCUT2D eigenvalue weighted by molar-refractivity contribution is -0.158. The number of allylic oxidation sites excluding steroid dienone is 4. The molecular weight excluding hydrogens is 336 g/mol. The highest BCUT2D eigenvalue weighted by Gasteiger charge is 2.28. The Morgan fingerprint density at radius 2 is 1.33 bits per heavy atom. The summed E-state index contributed by atoms with van der Waals surface area (Å²) in [7, 11) is -0.179. The molecule has 0 N–H and O–H groups in total. The van der Waals surface area contributed by atoms with E-state index >= 15 is 0 Å². The zero-order chi connectivity index (χ0) is 19.1. The summed E-state index contributed by atoms with van der Waals surface area (Å²) in [5, 5.41) is 3.15. The van der Waals surface area contributed by atoms with Crippen LogP contribution in [-0.2, 0) is 19.1 Å². The number of esters is 2. The van der Waals surface area contributed by atoms with Gasteiger partial charge in [-0.3, -0.25) is 9.59 Å². The lowest BCUT2D eigenvalue weighted by Gasteiger charge is -2.29. The van der Waals surface area contributed by atoms with Crippen molar-refractivity contribution in [3.8, 4) is 0 Å². The summed E-state index contributed by atoms with van der Waals surface area (Å²) in [4.78, 5) is 23.4. The minimum Gasteiger partial charge on any atom is -0.468 e. The Bertz CT molecular complexity index is 492. The van der Waals surface area contributed by atoms with E-state index in [-0.39, 0.29) is 0 Å². The number of methoxy groups -OCH3 is 2. The van der Waals surface area contributed by atoms with Crippen LogP contribution in [-0.4, -0.2) is 42.3 Å². The van der Waals surface area contributed by atoms with Gasteiger partial charge in [-0.25, -0.2) is 0 Å². The normalized spacial score (nSPS) is 13.9. The third kappa shape index (κ3) is 7.17. The molecule has 0 aliphatic rings. The molecule has 0 aromatic rings. The molecule has 0 spiro atoms. The van der Waals surface area contributed by atoms with Gasteiger partial charge < -0.3 is 9.47 Å². The molecule has 0 unspecified atom stereocenters. The van der Waals surface area contributed by atoms with Crippen LogP contribution < -0.4 is 0 Å². The summed E-state index contributed by atoms with van der Waals surface area (Å²) >= 11 is 0. The quantitative estimate of drug-likeness (QED) is 0.276. The summed E-state index contributed by atoms with van der Waals surface area (Å²) in [6.07, 6.45) is 5.18. The molecule has 0 aromatic heterocycles. The van der Waals surface area contributed by atoms with Gasteiger partial charge in [-0.2, -0.15) is 0 Å². The largest absolute Gasteiger partial charge is 0.468 e. The molecule has 0 aliphatic heterocycles. The van der Waals surface area contributed by atoms with Crippen LogP contribution in [0, 0.1) is 5.92 Å². The van der Waals surface area contributed by atoms with Crippen molar-refractivity contribution < 1.29 is 19.1 Å². The van der Waals surface area contributed by atoms with E-state index in [1.807, 2.05) is 6.08 Å². The molecular formula is C18H34O4Si2. The van der Waals surface area contributed by atoms with E-state index in [9.17, 15) is 9.59 Å². The Morgan fingerprint density at radius 3 is 1.67 bits per heavy atom. The second-order valence-electron chi connectivity index (χ2n) is 8.11. The standard InChI is InChI=1S/C18H34O4Si2/c1-14(23(4,5)6)16(24(7,8)9)13-11-10-12-15(17(19)21-2)18(20)22-3/h10-11,15H,12-13H2,1-9H3/b11-10+,16-14-. The van der Waals surface area contributed by atoms with Gasteiger partial charge in [0.05, 0.1) is 30.4 Å². The summed E-state index contributed by atoms with van der Waals surface area (Å²) in [6, 6.07) is 0. The van der Waals surface area contributed by atoms with Gasteiger partial charge in [-0.1, -0.05) is 61.8 Å². The molecule has 0 aliphatic carbocycles. The maximum Gasteiger partial charge on any atom is 0.320 e. The van der Waals surface area contributed by atoms with Gasteiger partial charge in [0.2, 0.25) is 0 Å². The zero-order valence-electron chi connectivity index (χ0n) is 16.8. The van der Waals surface area contributed by atoms with Gasteiger partial charge in [0, 0.05) is 0 Å². The second kappa shape index (κ2) is 9.37. The average molecular weight is 371 g/mol. The van der Waals surface area contributed by atoms with Crippen LogP contribution >= 0.6 is 0 Å². The first-order chi connectivity index (χ1) is 10.9. The second-order valence-corrected chi connectivity index (χ2v) is 18.5. The molecule has 6 heteroatoms. The maximum absolute atomic E-state index is 11.7. The number of ether oxygens (including phenoxy) is 2. The summed E-state index contributed by atoms with van der Waals surface area (Å²) < 4.78 is 9.36. The summed E-state index contributed by atoms with van der Waals surface area (Å²) in [5.41, 5.74) is 0. The van der Waals surface area contributed by atoms with Crippen molar-refractivity contribution in [2.24, 2.45) is 5.92 Å². The van der Waals surface area contributed by atoms with Crippen molar-refractivity contribution in [3.05, 3.63) is 22.5 Å². The lowest BCUT2D eigenvalue weighted by Crippen LogP contribution is -2.32. The molecule has 0 atom stereocenters. The van der Waals surface area contributed by atoms with Gasteiger partial charge in [0.1, 0.15) is 0 Å². The molecule has 0 bridgehead atoms. The zero-order valence-corrected chi connectivity index (χ0v) is 18.8. The molecule has 4 nitrogen and oxygen atoms in total. The van der Waals surface area contributed by atoms with Crippen LogP contribution in [0.1, 0.15) is 19.8 Å². The number of rotatable bonds is 8. The van der Waals surface area contributed by atoms with Gasteiger partial charge in [0.15, 0.2) is 5.92 Å². The fourth-order valence-corrected chi connectivity index (χ4v) is 7.59. The maximum atomic E-state index is 11.7. The van der Waals surface area contributed by atoms with Crippen LogP contribution in [0.15, 0.2) is 22.5 Å². The van der Waals surface area contributed by atoms with E-state index in [0.717, 1.165) is 6.42 Å². The van der Waals surface area contributed by atoms with Gasteiger partial charge in [-0.15, -0.1) is 0 Å². The third-order valence-corrected chi connectivity index (χ3v) is 9.51. The predicted molar refractivity (Wildman–Crippen MR) is 105 cm³/mol. The topological polar surface area (TPSA) is 52.6 Å². The predicted octanol–water partition coefficient (Wildman–Crippen LogP) is 4.36. The van der Waals surface area contributed by atoms with Gasteiger partial charge in [0.25, 0.3) is 0 Å². The Kier molecular flexibility index (Phi) is 8.92. The summed E-state index contributed by atoms with van der Waals surface area (Å²) in [5.74, 6) is -1.98. The third-order valence-electron chi connectivity index (χ3n) is 4.31. The van der Waals surface area contributed by atoms with Crippen LogP contribution in [0.5, 0.6) is 0 Å². The molecule has 0 saturated carbocycles. The van der Waals surface area contributed by atoms with Crippen molar-refractivity contribution in [2.45, 2.75) is 59.0 Å². The fourth-order valence-electron chi connectivity index (χ4n) is 2.48. The average Bonchev–Trinajstić information content (AvgIpc) is 2.46. The minimum absolute atomic E-state index is 0.310. The van der Waals surface area contributed by atoms with Crippen LogP contribution in [0.25, 0.3) is 0 Å². The number of hydrogen-bond acceptors (Lipinski definition) is 4. The van der Waals surface area contributed by atoms with E-state index in [1.54, 1.807) is 10.4 Å². The van der Waals surface area contributed by atoms with Crippen molar-refractivity contribution in [1.29, 1.82) is 0 Å². The lowest BCUT2D eigenvalue weighted by atomic mass is 10.1. The Balaban J connectivity index is 5.21. The molecule has 0 aromatic carbocycles. The molecule has 0 radical (unpaired) electrons. The van der Waals surface area contributed by atoms with Crippen LogP contribution in [0.4, 0.5) is 0 Å². The Labute approximate surface area is 149 Å². The number of carbonyl (C=O) groups excluding carboxylic acids is 2.